The number of nitrogens with one attached hydrogen (secondary N) is 1. The van der Waals surface area contributed by atoms with E-state index in [-0.39, 0.29) is 5.91 Å². The Labute approximate surface area is 188 Å². The lowest BCUT2D eigenvalue weighted by molar-refractivity contribution is -0.120. The highest BCUT2D eigenvalue weighted by Crippen LogP contribution is 2.40. The average molecular weight is 423 g/mol. The van der Waals surface area contributed by atoms with Gasteiger partial charge >= 0.3 is 0 Å². The van der Waals surface area contributed by atoms with Crippen LogP contribution in [0.2, 0.25) is 0 Å². The summed E-state index contributed by atoms with van der Waals surface area (Å²) in [4.78, 5) is 12.4. The Hall–Kier alpha value is -3.66. The second kappa shape index (κ2) is 8.83. The molecular weight excluding hydrogens is 396 g/mol. The lowest BCUT2D eigenvalue weighted by atomic mass is 9.99. The highest BCUT2D eigenvalue weighted by molar-refractivity contribution is 5.79. The molecule has 0 atom stereocenters. The third-order valence-electron chi connectivity index (χ3n) is 6.09. The zero-order valence-electron chi connectivity index (χ0n) is 18.2. The van der Waals surface area contributed by atoms with Gasteiger partial charge in [0.15, 0.2) is 5.76 Å². The molecule has 1 saturated carbocycles. The fourth-order valence-electron chi connectivity index (χ4n) is 4.03. The summed E-state index contributed by atoms with van der Waals surface area (Å²) in [6.45, 7) is 2.29. The maximum Gasteiger partial charge on any atom is 0.224 e. The van der Waals surface area contributed by atoms with E-state index in [2.05, 4.69) is 59.0 Å². The summed E-state index contributed by atoms with van der Waals surface area (Å²) in [7, 11) is 0. The van der Waals surface area contributed by atoms with Crippen LogP contribution >= 0.6 is 0 Å². The van der Waals surface area contributed by atoms with E-state index in [0.717, 1.165) is 28.3 Å². The van der Waals surface area contributed by atoms with Gasteiger partial charge in [0.2, 0.25) is 5.91 Å². The lowest BCUT2D eigenvalue weighted by Crippen LogP contribution is -2.24. The summed E-state index contributed by atoms with van der Waals surface area (Å²) < 4.78 is 5.63. The standard InChI is InChI=1S/C28H26N2O2/c1-19-26(18-29-27(31)17-20-5-3-2-4-6-20)28(32-30-19)25-15-13-24(14-16-25)23-11-9-22(10-12-23)21-7-8-21/h2-6,9-16,21H,7-8,17-18H2,1H3,(H,29,31). The molecule has 4 heteroatoms. The van der Waals surface area contributed by atoms with Crippen LogP contribution < -0.4 is 5.32 Å². The molecule has 1 heterocycles. The quantitative estimate of drug-likeness (QED) is 0.394. The van der Waals surface area contributed by atoms with Crippen molar-refractivity contribution in [3.63, 3.8) is 0 Å². The van der Waals surface area contributed by atoms with Crippen LogP contribution in [-0.2, 0) is 17.8 Å². The Morgan fingerprint density at radius 1 is 0.906 bits per heavy atom. The number of hydrogen-bond acceptors (Lipinski definition) is 3. The van der Waals surface area contributed by atoms with Crippen LogP contribution in [0.15, 0.2) is 83.4 Å². The molecule has 1 N–H and O–H groups in total. The van der Waals surface area contributed by atoms with E-state index in [1.54, 1.807) is 0 Å². The Kier molecular flexibility index (Phi) is 5.59. The summed E-state index contributed by atoms with van der Waals surface area (Å²) >= 11 is 0. The minimum Gasteiger partial charge on any atom is -0.356 e. The molecule has 4 nitrogen and oxygen atoms in total. The molecule has 1 aromatic heterocycles. The first-order valence-corrected chi connectivity index (χ1v) is 11.1. The zero-order valence-corrected chi connectivity index (χ0v) is 18.2. The minimum absolute atomic E-state index is 0.0206. The zero-order chi connectivity index (χ0) is 21.9. The molecule has 5 rings (SSSR count). The van der Waals surface area contributed by atoms with Gasteiger partial charge in [-0.2, -0.15) is 0 Å². The number of benzene rings is 3. The van der Waals surface area contributed by atoms with Crippen molar-refractivity contribution < 1.29 is 9.32 Å². The number of rotatable bonds is 7. The normalized spacial score (nSPS) is 13.2. The van der Waals surface area contributed by atoms with Crippen LogP contribution in [0.25, 0.3) is 22.5 Å². The van der Waals surface area contributed by atoms with Gasteiger partial charge in [-0.15, -0.1) is 0 Å². The van der Waals surface area contributed by atoms with Crippen molar-refractivity contribution in [2.75, 3.05) is 0 Å². The first-order valence-electron chi connectivity index (χ1n) is 11.1. The Bertz CT molecular complexity index is 1200. The second-order valence-corrected chi connectivity index (χ2v) is 8.49. The van der Waals surface area contributed by atoms with Gasteiger partial charge in [-0.05, 0) is 47.9 Å². The molecule has 1 aliphatic rings. The molecule has 1 aliphatic carbocycles. The predicted molar refractivity (Wildman–Crippen MR) is 126 cm³/mol. The van der Waals surface area contributed by atoms with Crippen LogP contribution in [0.4, 0.5) is 0 Å². The van der Waals surface area contributed by atoms with Crippen molar-refractivity contribution >= 4 is 5.91 Å². The number of carbonyl (C=O) groups is 1. The SMILES string of the molecule is Cc1noc(-c2ccc(-c3ccc(C4CC4)cc3)cc2)c1CNC(=O)Cc1ccccc1. The van der Waals surface area contributed by atoms with Crippen LogP contribution in [0.5, 0.6) is 0 Å². The molecule has 0 bridgehead atoms. The largest absolute Gasteiger partial charge is 0.356 e. The number of carbonyl (C=O) groups excluding carboxylic acids is 1. The highest BCUT2D eigenvalue weighted by atomic mass is 16.5. The summed E-state index contributed by atoms with van der Waals surface area (Å²) in [5.74, 6) is 1.46. The number of hydrogen-bond donors (Lipinski definition) is 1. The molecule has 0 spiro atoms. The molecule has 32 heavy (non-hydrogen) atoms. The van der Waals surface area contributed by atoms with Gasteiger partial charge in [0.25, 0.3) is 0 Å². The Balaban J connectivity index is 1.28. The maximum absolute atomic E-state index is 12.4. The molecule has 0 radical (unpaired) electrons. The van der Waals surface area contributed by atoms with E-state index in [4.69, 9.17) is 4.52 Å². The Morgan fingerprint density at radius 2 is 1.53 bits per heavy atom. The average Bonchev–Trinajstić information content (AvgIpc) is 3.61. The molecule has 0 unspecified atom stereocenters. The molecule has 1 fully saturated rings. The van der Waals surface area contributed by atoms with E-state index < -0.39 is 0 Å². The summed E-state index contributed by atoms with van der Waals surface area (Å²) in [6, 6.07) is 27.0. The number of aromatic nitrogens is 1. The maximum atomic E-state index is 12.4. The number of nitrogens with zero attached hydrogens (tertiary/aromatic N) is 1. The molecule has 4 aromatic rings. The molecule has 1 amide bonds. The van der Waals surface area contributed by atoms with Crippen LogP contribution in [0.1, 0.15) is 41.1 Å². The van der Waals surface area contributed by atoms with E-state index in [1.165, 1.54) is 29.5 Å². The van der Waals surface area contributed by atoms with Crippen LogP contribution in [0.3, 0.4) is 0 Å². The predicted octanol–water partition coefficient (Wildman–Crippen LogP) is 6.05. The summed E-state index contributed by atoms with van der Waals surface area (Å²) in [5.41, 5.74) is 7.48. The second-order valence-electron chi connectivity index (χ2n) is 8.49. The van der Waals surface area contributed by atoms with Gasteiger partial charge < -0.3 is 9.84 Å². The van der Waals surface area contributed by atoms with Crippen molar-refractivity contribution in [2.45, 2.75) is 38.6 Å². The molecule has 160 valence electrons. The summed E-state index contributed by atoms with van der Waals surface area (Å²) in [5, 5.41) is 7.14. The molecular formula is C28H26N2O2. The van der Waals surface area contributed by atoms with Crippen LogP contribution in [-0.4, -0.2) is 11.1 Å². The third kappa shape index (κ3) is 4.50. The number of aryl methyl sites for hydroxylation is 1. The van der Waals surface area contributed by atoms with Gasteiger partial charge in [-0.1, -0.05) is 84.0 Å². The van der Waals surface area contributed by atoms with Crippen molar-refractivity contribution in [1.29, 1.82) is 0 Å². The minimum atomic E-state index is -0.0206. The molecule has 0 aliphatic heterocycles. The highest BCUT2D eigenvalue weighted by Gasteiger charge is 2.23. The third-order valence-corrected chi connectivity index (χ3v) is 6.09. The fraction of sp³-hybridized carbons (Fsp3) is 0.214. The van der Waals surface area contributed by atoms with Crippen molar-refractivity contribution in [1.82, 2.24) is 10.5 Å². The van der Waals surface area contributed by atoms with E-state index in [9.17, 15) is 4.79 Å². The molecule has 3 aromatic carbocycles. The Morgan fingerprint density at radius 3 is 2.19 bits per heavy atom. The topological polar surface area (TPSA) is 55.1 Å². The van der Waals surface area contributed by atoms with Crippen molar-refractivity contribution in [3.05, 3.63) is 101 Å². The first kappa shape index (κ1) is 20.3. The van der Waals surface area contributed by atoms with Gasteiger partial charge in [-0.3, -0.25) is 4.79 Å². The molecule has 0 saturated heterocycles. The number of amides is 1. The van der Waals surface area contributed by atoms with Crippen molar-refractivity contribution in [3.8, 4) is 22.5 Å². The van der Waals surface area contributed by atoms with Gasteiger partial charge in [0.05, 0.1) is 12.1 Å². The van der Waals surface area contributed by atoms with Crippen molar-refractivity contribution in [2.24, 2.45) is 0 Å². The smallest absolute Gasteiger partial charge is 0.224 e. The lowest BCUT2D eigenvalue weighted by Gasteiger charge is -2.08. The first-order chi connectivity index (χ1) is 15.7. The van der Waals surface area contributed by atoms with Gasteiger partial charge in [-0.25, -0.2) is 0 Å². The van der Waals surface area contributed by atoms with Gasteiger partial charge in [0.1, 0.15) is 0 Å². The summed E-state index contributed by atoms with van der Waals surface area (Å²) in [6.07, 6.45) is 2.99. The van der Waals surface area contributed by atoms with Gasteiger partial charge in [0, 0.05) is 17.7 Å². The van der Waals surface area contributed by atoms with E-state index >= 15 is 0 Å². The van der Waals surface area contributed by atoms with E-state index in [1.807, 2.05) is 37.3 Å². The van der Waals surface area contributed by atoms with Crippen LogP contribution in [0, 0.1) is 6.92 Å². The fourth-order valence-corrected chi connectivity index (χ4v) is 4.03. The van der Waals surface area contributed by atoms with E-state index in [0.29, 0.717) is 18.7 Å². The monoisotopic (exact) mass is 422 g/mol.